The second-order valence-electron chi connectivity index (χ2n) is 3.00. The molecule has 84 valence electrons. The van der Waals surface area contributed by atoms with Crippen molar-refractivity contribution in [2.24, 2.45) is 0 Å². The van der Waals surface area contributed by atoms with Crippen LogP contribution in [0.1, 0.15) is 4.88 Å². The third kappa shape index (κ3) is 2.76. The Morgan fingerprint density at radius 2 is 2.29 bits per heavy atom. The molecule has 1 N–H and O–H groups in total. The number of amides is 1. The number of nitrogens with zero attached hydrogens (tertiary/aromatic N) is 4. The van der Waals surface area contributed by atoms with Gasteiger partial charge < -0.3 is 0 Å². The second kappa shape index (κ2) is 5.05. The highest BCUT2D eigenvalue weighted by Crippen LogP contribution is 2.13. The van der Waals surface area contributed by atoms with Gasteiger partial charge in [0.2, 0.25) is 0 Å². The Bertz CT molecular complexity index is 564. The summed E-state index contributed by atoms with van der Waals surface area (Å²) in [6.45, 7) is 0. The summed E-state index contributed by atoms with van der Waals surface area (Å²) in [6.07, 6.45) is 4.19. The van der Waals surface area contributed by atoms with Crippen LogP contribution in [0, 0.1) is 11.3 Å². The van der Waals surface area contributed by atoms with E-state index in [4.69, 9.17) is 5.26 Å². The van der Waals surface area contributed by atoms with Crippen molar-refractivity contribution in [3.63, 3.8) is 0 Å². The van der Waals surface area contributed by atoms with Gasteiger partial charge in [-0.1, -0.05) is 6.07 Å². The van der Waals surface area contributed by atoms with E-state index in [1.165, 1.54) is 34.7 Å². The summed E-state index contributed by atoms with van der Waals surface area (Å²) in [4.78, 5) is 12.5. The fourth-order valence-corrected chi connectivity index (χ4v) is 1.76. The van der Waals surface area contributed by atoms with Gasteiger partial charge in [0.25, 0.3) is 5.91 Å². The lowest BCUT2D eigenvalue weighted by atomic mass is 10.2. The first kappa shape index (κ1) is 11.0. The molecular weight excluding hydrogens is 238 g/mol. The lowest BCUT2D eigenvalue weighted by Gasteiger charge is -2.02. The topological polar surface area (TPSA) is 83.6 Å². The van der Waals surface area contributed by atoms with Crippen LogP contribution in [0.3, 0.4) is 0 Å². The average Bonchev–Trinajstić information content (AvgIpc) is 2.97. The highest BCUT2D eigenvalue weighted by Gasteiger charge is 2.09. The number of carbonyl (C=O) groups excluding carboxylic acids is 1. The van der Waals surface area contributed by atoms with Crippen LogP contribution in [0.4, 0.5) is 0 Å². The van der Waals surface area contributed by atoms with Gasteiger partial charge in [0, 0.05) is 4.88 Å². The number of rotatable bonds is 3. The lowest BCUT2D eigenvalue weighted by molar-refractivity contribution is -0.113. The van der Waals surface area contributed by atoms with Gasteiger partial charge in [0.15, 0.2) is 0 Å². The van der Waals surface area contributed by atoms with Crippen LogP contribution < -0.4 is 5.43 Å². The Morgan fingerprint density at radius 3 is 2.88 bits per heavy atom. The number of carbonyl (C=O) groups is 1. The van der Waals surface area contributed by atoms with Crippen LogP contribution in [0.5, 0.6) is 0 Å². The quantitative estimate of drug-likeness (QED) is 0.646. The predicted molar refractivity (Wildman–Crippen MR) is 62.3 cm³/mol. The largest absolute Gasteiger partial charge is 0.280 e. The Labute approximate surface area is 101 Å². The van der Waals surface area contributed by atoms with Crippen LogP contribution >= 0.6 is 11.3 Å². The fourth-order valence-electron chi connectivity index (χ4n) is 1.10. The molecule has 0 fully saturated rings. The van der Waals surface area contributed by atoms with Crippen LogP contribution in [-0.4, -0.2) is 20.8 Å². The van der Waals surface area contributed by atoms with E-state index in [1.807, 2.05) is 23.6 Å². The van der Waals surface area contributed by atoms with Crippen LogP contribution in [-0.2, 0) is 4.79 Å². The molecule has 2 rings (SSSR count). The summed E-state index contributed by atoms with van der Waals surface area (Å²) in [6, 6.07) is 5.53. The van der Waals surface area contributed by atoms with E-state index in [1.54, 1.807) is 0 Å². The van der Waals surface area contributed by atoms with E-state index < -0.39 is 5.91 Å². The number of nitriles is 1. The predicted octanol–water partition coefficient (Wildman–Crippen LogP) is 1.02. The minimum Gasteiger partial charge on any atom is -0.267 e. The van der Waals surface area contributed by atoms with Gasteiger partial charge in [-0.3, -0.25) is 10.2 Å². The molecule has 2 aromatic rings. The smallest absolute Gasteiger partial charge is 0.267 e. The first-order valence-corrected chi connectivity index (χ1v) is 5.49. The van der Waals surface area contributed by atoms with E-state index in [0.717, 1.165) is 4.88 Å². The molecule has 0 spiro atoms. The van der Waals surface area contributed by atoms with Crippen molar-refractivity contribution in [3.8, 4) is 6.07 Å². The molecule has 0 atom stereocenters. The molecular formula is C10H7N5OS. The first-order chi connectivity index (χ1) is 8.29. The molecule has 0 aromatic carbocycles. The van der Waals surface area contributed by atoms with E-state index in [2.05, 4.69) is 15.6 Å². The number of thiophene rings is 1. The molecule has 0 aliphatic carbocycles. The molecule has 0 bridgehead atoms. The molecule has 0 saturated carbocycles. The summed E-state index contributed by atoms with van der Waals surface area (Å²) < 4.78 is 1.28. The number of nitrogens with one attached hydrogen (secondary N) is 1. The molecule has 0 unspecified atom stereocenters. The van der Waals surface area contributed by atoms with Crippen molar-refractivity contribution in [1.82, 2.24) is 14.9 Å². The van der Waals surface area contributed by atoms with Crippen molar-refractivity contribution in [1.29, 1.82) is 5.26 Å². The molecule has 17 heavy (non-hydrogen) atoms. The van der Waals surface area contributed by atoms with E-state index >= 15 is 0 Å². The molecule has 2 aromatic heterocycles. The normalized spacial score (nSPS) is 10.9. The molecule has 7 heteroatoms. The highest BCUT2D eigenvalue weighted by atomic mass is 32.1. The van der Waals surface area contributed by atoms with E-state index in [0.29, 0.717) is 0 Å². The molecule has 0 aliphatic rings. The Kier molecular flexibility index (Phi) is 3.28. The fraction of sp³-hybridized carbons (Fsp3) is 0. The Hall–Kier alpha value is -2.46. The van der Waals surface area contributed by atoms with Crippen LogP contribution in [0.15, 0.2) is 35.7 Å². The highest BCUT2D eigenvalue weighted by molar-refractivity contribution is 7.10. The number of hydrogen-bond acceptors (Lipinski definition) is 5. The third-order valence-corrected chi connectivity index (χ3v) is 2.66. The SMILES string of the molecule is N#C/C(=C/c1cccs1)C(=O)Nn1cnnc1. The summed E-state index contributed by atoms with van der Waals surface area (Å²) in [5.74, 6) is -0.499. The average molecular weight is 245 g/mol. The monoisotopic (exact) mass is 245 g/mol. The number of hydrogen-bond donors (Lipinski definition) is 1. The molecule has 0 saturated heterocycles. The maximum atomic E-state index is 11.7. The summed E-state index contributed by atoms with van der Waals surface area (Å²) >= 11 is 1.45. The van der Waals surface area contributed by atoms with Gasteiger partial charge >= 0.3 is 0 Å². The Balaban J connectivity index is 2.14. The van der Waals surface area contributed by atoms with Gasteiger partial charge in [0.05, 0.1) is 0 Å². The van der Waals surface area contributed by atoms with Gasteiger partial charge in [-0.25, -0.2) is 4.68 Å². The zero-order valence-electron chi connectivity index (χ0n) is 8.57. The summed E-state index contributed by atoms with van der Waals surface area (Å²) in [7, 11) is 0. The second-order valence-corrected chi connectivity index (χ2v) is 3.97. The maximum absolute atomic E-state index is 11.7. The van der Waals surface area contributed by atoms with E-state index in [9.17, 15) is 4.79 Å². The van der Waals surface area contributed by atoms with Gasteiger partial charge in [-0.05, 0) is 17.5 Å². The van der Waals surface area contributed by atoms with Crippen molar-refractivity contribution in [3.05, 3.63) is 40.6 Å². The Morgan fingerprint density at radius 1 is 1.53 bits per heavy atom. The summed E-state index contributed by atoms with van der Waals surface area (Å²) in [5, 5.41) is 17.9. The zero-order chi connectivity index (χ0) is 12.1. The van der Waals surface area contributed by atoms with Crippen molar-refractivity contribution in [2.45, 2.75) is 0 Å². The summed E-state index contributed by atoms with van der Waals surface area (Å²) in [5.41, 5.74) is 2.48. The molecule has 2 heterocycles. The molecule has 0 radical (unpaired) electrons. The van der Waals surface area contributed by atoms with Gasteiger partial charge in [0.1, 0.15) is 24.3 Å². The standard InChI is InChI=1S/C10H7N5OS/c11-5-8(4-9-2-1-3-17-9)10(16)14-15-6-12-13-7-15/h1-4,6-7H,(H,14,16)/b8-4-. The van der Waals surface area contributed by atoms with Gasteiger partial charge in [-0.15, -0.1) is 21.5 Å². The third-order valence-electron chi connectivity index (χ3n) is 1.84. The van der Waals surface area contributed by atoms with Crippen molar-refractivity contribution in [2.75, 3.05) is 5.43 Å². The number of aromatic nitrogens is 3. The lowest BCUT2D eigenvalue weighted by Crippen LogP contribution is -2.22. The van der Waals surface area contributed by atoms with Crippen LogP contribution in [0.25, 0.3) is 6.08 Å². The molecule has 6 nitrogen and oxygen atoms in total. The maximum Gasteiger partial charge on any atom is 0.280 e. The first-order valence-electron chi connectivity index (χ1n) is 4.61. The van der Waals surface area contributed by atoms with Crippen LogP contribution in [0.2, 0.25) is 0 Å². The zero-order valence-corrected chi connectivity index (χ0v) is 9.39. The minimum atomic E-state index is -0.499. The molecule has 1 amide bonds. The van der Waals surface area contributed by atoms with Crippen molar-refractivity contribution >= 4 is 23.3 Å². The van der Waals surface area contributed by atoms with Gasteiger partial charge in [-0.2, -0.15) is 5.26 Å². The van der Waals surface area contributed by atoms with Crippen molar-refractivity contribution < 1.29 is 4.79 Å². The van der Waals surface area contributed by atoms with E-state index in [-0.39, 0.29) is 5.57 Å². The molecule has 0 aliphatic heterocycles. The minimum absolute atomic E-state index is 0.0288.